The minimum atomic E-state index is -0.250. The van der Waals surface area contributed by atoms with Crippen molar-refractivity contribution in [3.8, 4) is 0 Å². The van der Waals surface area contributed by atoms with Gasteiger partial charge in [-0.15, -0.1) is 11.8 Å². The van der Waals surface area contributed by atoms with Gasteiger partial charge in [-0.05, 0) is 42.5 Å². The molecule has 136 valence electrons. The molecule has 2 aliphatic rings. The molecule has 0 bridgehead atoms. The molecule has 7 heteroatoms. The molecule has 3 heterocycles. The van der Waals surface area contributed by atoms with Gasteiger partial charge in [0.05, 0.1) is 6.26 Å². The van der Waals surface area contributed by atoms with Gasteiger partial charge in [0.2, 0.25) is 5.95 Å². The molecule has 2 aromatic heterocycles. The number of carbonyl (C=O) groups is 1. The third-order valence-electron chi connectivity index (χ3n) is 5.24. The number of anilines is 1. The number of thioether (sulfide) groups is 1. The van der Waals surface area contributed by atoms with E-state index in [9.17, 15) is 4.79 Å². The van der Waals surface area contributed by atoms with Crippen LogP contribution in [-0.2, 0) is 4.79 Å². The van der Waals surface area contributed by atoms with E-state index in [-0.39, 0.29) is 17.7 Å². The molecule has 1 aromatic carbocycles. The summed E-state index contributed by atoms with van der Waals surface area (Å²) in [6, 6.07) is 11.9. The average Bonchev–Trinajstić information content (AvgIpc) is 3.38. The summed E-state index contributed by atoms with van der Waals surface area (Å²) in [5, 5.41) is 7.71. The fourth-order valence-corrected chi connectivity index (χ4v) is 4.38. The monoisotopic (exact) mass is 378 g/mol. The molecule has 1 aliphatic heterocycles. The van der Waals surface area contributed by atoms with Crippen LogP contribution in [0.1, 0.15) is 36.1 Å². The Hall–Kier alpha value is -2.80. The number of aromatic nitrogens is 3. The first-order chi connectivity index (χ1) is 13.2. The molecule has 0 saturated carbocycles. The first-order valence-corrected chi connectivity index (χ1v) is 10.1. The van der Waals surface area contributed by atoms with E-state index in [0.717, 1.165) is 29.0 Å². The Balaban J connectivity index is 1.60. The zero-order chi connectivity index (χ0) is 18.4. The third kappa shape index (κ3) is 2.70. The lowest BCUT2D eigenvalue weighted by molar-refractivity contribution is -0.117. The predicted molar refractivity (Wildman–Crippen MR) is 103 cm³/mol. The lowest BCUT2D eigenvalue weighted by atomic mass is 9.79. The van der Waals surface area contributed by atoms with Crippen LogP contribution in [0.3, 0.4) is 0 Å². The lowest BCUT2D eigenvalue weighted by Gasteiger charge is -2.34. The number of hydrogen-bond acceptors (Lipinski definition) is 6. The SMILES string of the molecule is CSc1ccc([C@H]2C3=C(C[C@H](c4ccco4)CC3=O)Nc3ncnn32)cc1. The van der Waals surface area contributed by atoms with Crippen molar-refractivity contribution in [2.45, 2.75) is 29.7 Å². The topological polar surface area (TPSA) is 73.0 Å². The maximum atomic E-state index is 13.2. The van der Waals surface area contributed by atoms with Gasteiger partial charge < -0.3 is 9.73 Å². The van der Waals surface area contributed by atoms with Crippen molar-refractivity contribution in [1.82, 2.24) is 14.8 Å². The van der Waals surface area contributed by atoms with Gasteiger partial charge in [0.25, 0.3) is 0 Å². The number of nitrogens with one attached hydrogen (secondary N) is 1. The summed E-state index contributed by atoms with van der Waals surface area (Å²) < 4.78 is 7.36. The van der Waals surface area contributed by atoms with E-state index in [4.69, 9.17) is 4.42 Å². The molecule has 0 radical (unpaired) electrons. The van der Waals surface area contributed by atoms with Crippen molar-refractivity contribution < 1.29 is 9.21 Å². The molecule has 0 unspecified atom stereocenters. The second-order valence-corrected chi connectivity index (χ2v) is 7.64. The van der Waals surface area contributed by atoms with Gasteiger partial charge in [0, 0.05) is 28.5 Å². The summed E-state index contributed by atoms with van der Waals surface area (Å²) in [6.07, 6.45) is 6.40. The second kappa shape index (κ2) is 6.42. The van der Waals surface area contributed by atoms with Crippen molar-refractivity contribution in [2.24, 2.45) is 0 Å². The number of nitrogens with zero attached hydrogens (tertiary/aromatic N) is 3. The summed E-state index contributed by atoms with van der Waals surface area (Å²) in [5.74, 6) is 1.70. The van der Waals surface area contributed by atoms with E-state index in [1.165, 1.54) is 11.2 Å². The Bertz CT molecular complexity index is 1020. The Morgan fingerprint density at radius 2 is 2.07 bits per heavy atom. The number of Topliss-reactive ketones (excluding diaryl/α,β-unsaturated/α-hetero) is 1. The summed E-state index contributed by atoms with van der Waals surface area (Å²) in [4.78, 5) is 18.7. The molecule has 0 spiro atoms. The number of hydrogen-bond donors (Lipinski definition) is 1. The van der Waals surface area contributed by atoms with Gasteiger partial charge in [0.15, 0.2) is 5.78 Å². The van der Waals surface area contributed by atoms with Crippen LogP contribution in [0.4, 0.5) is 5.95 Å². The van der Waals surface area contributed by atoms with Gasteiger partial charge in [-0.3, -0.25) is 4.79 Å². The quantitative estimate of drug-likeness (QED) is 0.694. The number of benzene rings is 1. The molecule has 3 aromatic rings. The smallest absolute Gasteiger partial charge is 0.226 e. The van der Waals surface area contributed by atoms with Gasteiger partial charge >= 0.3 is 0 Å². The van der Waals surface area contributed by atoms with Crippen LogP contribution < -0.4 is 5.32 Å². The molecule has 6 nitrogen and oxygen atoms in total. The van der Waals surface area contributed by atoms with Crippen molar-refractivity contribution in [3.63, 3.8) is 0 Å². The summed E-state index contributed by atoms with van der Waals surface area (Å²) in [6.45, 7) is 0. The molecule has 0 amide bonds. The second-order valence-electron chi connectivity index (χ2n) is 6.76. The molecule has 27 heavy (non-hydrogen) atoms. The van der Waals surface area contributed by atoms with Crippen LogP contribution >= 0.6 is 11.8 Å². The molecular weight excluding hydrogens is 360 g/mol. The third-order valence-corrected chi connectivity index (χ3v) is 5.98. The van der Waals surface area contributed by atoms with E-state index in [2.05, 4.69) is 45.9 Å². The molecule has 0 fully saturated rings. The largest absolute Gasteiger partial charge is 0.469 e. The first kappa shape index (κ1) is 16.4. The highest BCUT2D eigenvalue weighted by Gasteiger charge is 2.39. The standard InChI is InChI=1S/C20H18N4O2S/c1-27-14-6-4-12(5-7-14)19-18-15(23-20-21-11-22-24(19)20)9-13(10-16(18)25)17-3-2-8-26-17/h2-8,11,13,19H,9-10H2,1H3,(H,21,22,23)/t13-,19-/m0/s1. The zero-order valence-electron chi connectivity index (χ0n) is 14.8. The average molecular weight is 378 g/mol. The predicted octanol–water partition coefficient (Wildman–Crippen LogP) is 4.01. The van der Waals surface area contributed by atoms with Crippen LogP contribution in [0.5, 0.6) is 0 Å². The van der Waals surface area contributed by atoms with Crippen LogP contribution in [0.15, 0.2) is 69.6 Å². The molecule has 1 N–H and O–H groups in total. The summed E-state index contributed by atoms with van der Waals surface area (Å²) >= 11 is 1.70. The minimum absolute atomic E-state index is 0.0488. The number of furan rings is 1. The van der Waals surface area contributed by atoms with E-state index < -0.39 is 0 Å². The Labute approximate surface area is 160 Å². The fraction of sp³-hybridized carbons (Fsp3) is 0.250. The van der Waals surface area contributed by atoms with E-state index >= 15 is 0 Å². The van der Waals surface area contributed by atoms with Gasteiger partial charge in [-0.1, -0.05) is 12.1 Å². The van der Waals surface area contributed by atoms with Crippen LogP contribution in [-0.4, -0.2) is 26.8 Å². The summed E-state index contributed by atoms with van der Waals surface area (Å²) in [5.41, 5.74) is 2.75. The maximum absolute atomic E-state index is 13.2. The highest BCUT2D eigenvalue weighted by molar-refractivity contribution is 7.98. The van der Waals surface area contributed by atoms with E-state index in [1.54, 1.807) is 22.7 Å². The number of rotatable bonds is 3. The highest BCUT2D eigenvalue weighted by Crippen LogP contribution is 2.43. The fourth-order valence-electron chi connectivity index (χ4n) is 3.97. The normalized spacial score (nSPS) is 21.6. The van der Waals surface area contributed by atoms with Crippen molar-refractivity contribution >= 4 is 23.5 Å². The molecule has 0 saturated heterocycles. The lowest BCUT2D eigenvalue weighted by Crippen LogP contribution is -2.33. The van der Waals surface area contributed by atoms with Crippen molar-refractivity contribution in [2.75, 3.05) is 11.6 Å². The van der Waals surface area contributed by atoms with Gasteiger partial charge in [-0.25, -0.2) is 4.68 Å². The zero-order valence-corrected chi connectivity index (χ0v) is 15.6. The number of carbonyl (C=O) groups excluding carboxylic acids is 1. The first-order valence-electron chi connectivity index (χ1n) is 8.84. The Kier molecular flexibility index (Phi) is 3.89. The molecular formula is C20H18N4O2S. The van der Waals surface area contributed by atoms with Crippen LogP contribution in [0.25, 0.3) is 0 Å². The van der Waals surface area contributed by atoms with Gasteiger partial charge in [-0.2, -0.15) is 10.1 Å². The van der Waals surface area contributed by atoms with Gasteiger partial charge in [0.1, 0.15) is 18.1 Å². The van der Waals surface area contributed by atoms with E-state index in [1.807, 2.05) is 12.1 Å². The minimum Gasteiger partial charge on any atom is -0.469 e. The number of allylic oxidation sites excluding steroid dienone is 2. The van der Waals surface area contributed by atoms with Crippen molar-refractivity contribution in [1.29, 1.82) is 0 Å². The van der Waals surface area contributed by atoms with Crippen molar-refractivity contribution in [3.05, 3.63) is 71.6 Å². The highest BCUT2D eigenvalue weighted by atomic mass is 32.2. The van der Waals surface area contributed by atoms with Crippen LogP contribution in [0, 0.1) is 0 Å². The Morgan fingerprint density at radius 1 is 1.22 bits per heavy atom. The number of ketones is 1. The molecule has 2 atom stereocenters. The Morgan fingerprint density at radius 3 is 2.81 bits per heavy atom. The maximum Gasteiger partial charge on any atom is 0.226 e. The summed E-state index contributed by atoms with van der Waals surface area (Å²) in [7, 11) is 0. The van der Waals surface area contributed by atoms with E-state index in [0.29, 0.717) is 12.4 Å². The number of fused-ring (bicyclic) bond motifs is 1. The molecule has 5 rings (SSSR count). The van der Waals surface area contributed by atoms with Crippen LogP contribution in [0.2, 0.25) is 0 Å². The molecule has 1 aliphatic carbocycles.